The van der Waals surface area contributed by atoms with Gasteiger partial charge in [0.2, 0.25) is 0 Å². The number of alkyl halides is 3. The first-order chi connectivity index (χ1) is 14.1. The fourth-order valence-corrected chi connectivity index (χ4v) is 3.81. The molecule has 0 unspecified atom stereocenters. The Morgan fingerprint density at radius 3 is 2.47 bits per heavy atom. The Morgan fingerprint density at radius 1 is 1.13 bits per heavy atom. The van der Waals surface area contributed by atoms with Gasteiger partial charge in [0.25, 0.3) is 5.91 Å². The lowest BCUT2D eigenvalue weighted by Gasteiger charge is -2.29. The minimum atomic E-state index is -4.58. The molecule has 3 rings (SSSR count). The molecule has 1 N–H and O–H groups in total. The number of benzene rings is 2. The fraction of sp³-hybridized carbons (Fsp3) is 0.350. The average Bonchev–Trinajstić information content (AvgIpc) is 2.71. The van der Waals surface area contributed by atoms with Crippen molar-refractivity contribution in [1.29, 1.82) is 0 Å². The van der Waals surface area contributed by atoms with E-state index >= 15 is 0 Å². The lowest BCUT2D eigenvalue weighted by atomic mass is 10.0. The van der Waals surface area contributed by atoms with Crippen molar-refractivity contribution in [2.45, 2.75) is 17.6 Å². The zero-order valence-electron chi connectivity index (χ0n) is 16.2. The van der Waals surface area contributed by atoms with Gasteiger partial charge in [0.05, 0.1) is 23.7 Å². The Morgan fingerprint density at radius 2 is 1.83 bits per heavy atom. The second-order valence-corrected chi connectivity index (χ2v) is 8.94. The summed E-state index contributed by atoms with van der Waals surface area (Å²) in [6, 6.07) is 9.36. The molecule has 2 aromatic rings. The first-order valence-electron chi connectivity index (χ1n) is 9.17. The number of sulfone groups is 1. The predicted octanol–water partition coefficient (Wildman–Crippen LogP) is 2.88. The van der Waals surface area contributed by atoms with Crippen LogP contribution in [0.3, 0.4) is 0 Å². The van der Waals surface area contributed by atoms with Crippen LogP contribution in [0.4, 0.5) is 18.9 Å². The molecule has 0 radical (unpaired) electrons. The van der Waals surface area contributed by atoms with Gasteiger partial charge in [0.1, 0.15) is 0 Å². The highest BCUT2D eigenvalue weighted by atomic mass is 32.2. The number of halogens is 3. The maximum atomic E-state index is 13.6. The molecule has 0 spiro atoms. The number of anilines is 1. The zero-order chi connectivity index (χ0) is 21.9. The van der Waals surface area contributed by atoms with E-state index in [2.05, 4.69) is 5.32 Å². The Labute approximate surface area is 172 Å². The van der Waals surface area contributed by atoms with Gasteiger partial charge in [-0.3, -0.25) is 4.79 Å². The van der Waals surface area contributed by atoms with Gasteiger partial charge in [0.15, 0.2) is 9.84 Å². The summed E-state index contributed by atoms with van der Waals surface area (Å²) in [5, 5.41) is 2.44. The lowest BCUT2D eigenvalue weighted by molar-refractivity contribution is -0.138. The van der Waals surface area contributed by atoms with Gasteiger partial charge in [-0.05, 0) is 35.9 Å². The Hall–Kier alpha value is -2.59. The number of rotatable bonds is 5. The van der Waals surface area contributed by atoms with Crippen molar-refractivity contribution >= 4 is 21.4 Å². The van der Waals surface area contributed by atoms with Crippen molar-refractivity contribution in [3.8, 4) is 0 Å². The number of hydrogen-bond donors (Lipinski definition) is 1. The molecule has 10 heteroatoms. The van der Waals surface area contributed by atoms with Gasteiger partial charge in [0, 0.05) is 37.1 Å². The molecule has 2 aromatic carbocycles. The Balaban J connectivity index is 1.80. The molecule has 162 valence electrons. The highest BCUT2D eigenvalue weighted by Gasteiger charge is 2.34. The van der Waals surface area contributed by atoms with E-state index in [1.54, 1.807) is 6.07 Å². The lowest BCUT2D eigenvalue weighted by Crippen LogP contribution is -2.36. The van der Waals surface area contributed by atoms with Crippen LogP contribution < -0.4 is 10.2 Å². The van der Waals surface area contributed by atoms with Gasteiger partial charge in [-0.2, -0.15) is 13.2 Å². The van der Waals surface area contributed by atoms with Crippen LogP contribution >= 0.6 is 0 Å². The number of nitrogens with zero attached hydrogens (tertiary/aromatic N) is 1. The van der Waals surface area contributed by atoms with Crippen LogP contribution in [0.2, 0.25) is 0 Å². The number of ether oxygens (including phenoxy) is 1. The zero-order valence-corrected chi connectivity index (χ0v) is 17.0. The molecule has 1 heterocycles. The van der Waals surface area contributed by atoms with Gasteiger partial charge in [-0.15, -0.1) is 0 Å². The Kier molecular flexibility index (Phi) is 6.37. The quantitative estimate of drug-likeness (QED) is 0.771. The largest absolute Gasteiger partial charge is 0.416 e. The van der Waals surface area contributed by atoms with E-state index in [-0.39, 0.29) is 22.6 Å². The summed E-state index contributed by atoms with van der Waals surface area (Å²) < 4.78 is 69.3. The third-order valence-corrected chi connectivity index (χ3v) is 5.85. The van der Waals surface area contributed by atoms with Crippen LogP contribution in [-0.2, 0) is 27.3 Å². The number of hydrogen-bond acceptors (Lipinski definition) is 5. The molecule has 1 aliphatic rings. The SMILES string of the molecule is CS(=O)(=O)c1cccc(C(=O)NCc2ccc(N3CCOCC3)cc2C(F)(F)F)c1. The summed E-state index contributed by atoms with van der Waals surface area (Å²) in [5.74, 6) is -0.661. The highest BCUT2D eigenvalue weighted by molar-refractivity contribution is 7.90. The minimum absolute atomic E-state index is 0.0407. The number of morpholine rings is 1. The third-order valence-electron chi connectivity index (χ3n) is 4.74. The molecule has 30 heavy (non-hydrogen) atoms. The second-order valence-electron chi connectivity index (χ2n) is 6.92. The topological polar surface area (TPSA) is 75.7 Å². The van der Waals surface area contributed by atoms with Gasteiger partial charge in [-0.1, -0.05) is 12.1 Å². The molecule has 0 aromatic heterocycles. The molecule has 6 nitrogen and oxygen atoms in total. The van der Waals surface area contributed by atoms with E-state index < -0.39 is 27.5 Å². The van der Waals surface area contributed by atoms with Crippen LogP contribution in [0.1, 0.15) is 21.5 Å². The van der Waals surface area contributed by atoms with Crippen molar-refractivity contribution in [3.63, 3.8) is 0 Å². The normalized spacial score (nSPS) is 15.1. The number of nitrogens with one attached hydrogen (secondary N) is 1. The molecular formula is C20H21F3N2O4S. The number of amides is 1. The summed E-state index contributed by atoms with van der Waals surface area (Å²) in [7, 11) is -3.51. The molecule has 0 bridgehead atoms. The van der Waals surface area contributed by atoms with E-state index in [1.807, 2.05) is 4.90 Å². The van der Waals surface area contributed by atoms with Crippen molar-refractivity contribution in [2.75, 3.05) is 37.5 Å². The van der Waals surface area contributed by atoms with Crippen LogP contribution in [-0.4, -0.2) is 46.9 Å². The third kappa shape index (κ3) is 5.31. The van der Waals surface area contributed by atoms with E-state index in [4.69, 9.17) is 4.74 Å². The smallest absolute Gasteiger partial charge is 0.378 e. The first kappa shape index (κ1) is 22.1. The molecule has 0 aliphatic carbocycles. The van der Waals surface area contributed by atoms with Crippen molar-refractivity contribution in [3.05, 3.63) is 59.2 Å². The van der Waals surface area contributed by atoms with Crippen LogP contribution in [0.5, 0.6) is 0 Å². The minimum Gasteiger partial charge on any atom is -0.378 e. The fourth-order valence-electron chi connectivity index (χ4n) is 3.15. The standard InChI is InChI=1S/C20H21F3N2O4S/c1-30(27,28)17-4-2-3-14(11-17)19(26)24-13-15-5-6-16(12-18(15)20(21,22)23)25-7-9-29-10-8-25/h2-6,11-12H,7-10,13H2,1H3,(H,24,26). The maximum absolute atomic E-state index is 13.6. The summed E-state index contributed by atoms with van der Waals surface area (Å²) in [5.41, 5.74) is -0.401. The molecule has 1 saturated heterocycles. The van der Waals surface area contributed by atoms with E-state index in [0.717, 1.165) is 12.3 Å². The summed E-state index contributed by atoms with van der Waals surface area (Å²) in [6.07, 6.45) is -3.58. The molecule has 1 fully saturated rings. The van der Waals surface area contributed by atoms with Gasteiger partial charge >= 0.3 is 6.18 Å². The monoisotopic (exact) mass is 442 g/mol. The molecule has 1 aliphatic heterocycles. The van der Waals surface area contributed by atoms with Crippen LogP contribution in [0.15, 0.2) is 47.4 Å². The van der Waals surface area contributed by atoms with Crippen molar-refractivity contribution < 1.29 is 31.1 Å². The maximum Gasteiger partial charge on any atom is 0.416 e. The van der Waals surface area contributed by atoms with E-state index in [9.17, 15) is 26.4 Å². The van der Waals surface area contributed by atoms with Crippen LogP contribution in [0.25, 0.3) is 0 Å². The van der Waals surface area contributed by atoms with E-state index in [1.165, 1.54) is 30.3 Å². The summed E-state index contributed by atoms with van der Waals surface area (Å²) in [6.45, 7) is 1.56. The van der Waals surface area contributed by atoms with Gasteiger partial charge < -0.3 is 15.0 Å². The Bertz CT molecular complexity index is 1030. The van der Waals surface area contributed by atoms with Crippen LogP contribution in [0, 0.1) is 0 Å². The van der Waals surface area contributed by atoms with Crippen molar-refractivity contribution in [2.24, 2.45) is 0 Å². The van der Waals surface area contributed by atoms with E-state index in [0.29, 0.717) is 32.0 Å². The summed E-state index contributed by atoms with van der Waals surface area (Å²) in [4.78, 5) is 14.1. The van der Waals surface area contributed by atoms with Gasteiger partial charge in [-0.25, -0.2) is 8.42 Å². The number of carbonyl (C=O) groups is 1. The molecular weight excluding hydrogens is 421 g/mol. The molecule has 0 saturated carbocycles. The second kappa shape index (κ2) is 8.65. The number of carbonyl (C=O) groups excluding carboxylic acids is 1. The predicted molar refractivity (Wildman–Crippen MR) is 105 cm³/mol. The first-order valence-corrected chi connectivity index (χ1v) is 11.1. The summed E-state index contributed by atoms with van der Waals surface area (Å²) >= 11 is 0. The molecule has 1 amide bonds. The van der Waals surface area contributed by atoms with Crippen molar-refractivity contribution in [1.82, 2.24) is 5.32 Å². The average molecular weight is 442 g/mol. The highest BCUT2D eigenvalue weighted by Crippen LogP contribution is 2.35. The molecule has 0 atom stereocenters.